The summed E-state index contributed by atoms with van der Waals surface area (Å²) in [5, 5.41) is 10.3. The lowest BCUT2D eigenvalue weighted by Gasteiger charge is -2.39. The normalized spacial score (nSPS) is 19.6. The first kappa shape index (κ1) is 24.4. The van der Waals surface area contributed by atoms with E-state index in [0.29, 0.717) is 6.42 Å². The van der Waals surface area contributed by atoms with E-state index in [1.165, 1.54) is 0 Å². The number of nitrogens with zero attached hydrogens (tertiary/aromatic N) is 2. The molecule has 0 aromatic heterocycles. The Morgan fingerprint density at radius 1 is 1.26 bits per heavy atom. The Bertz CT molecular complexity index is 1010. The zero-order valence-corrected chi connectivity index (χ0v) is 18.8. The summed E-state index contributed by atoms with van der Waals surface area (Å²) in [7, 11) is -3.82. The van der Waals surface area contributed by atoms with Gasteiger partial charge in [0, 0.05) is 18.9 Å². The molecular formula is C19H29N5O6S. The molecule has 0 aliphatic carbocycles. The van der Waals surface area contributed by atoms with Crippen molar-refractivity contribution in [3.63, 3.8) is 0 Å². The van der Waals surface area contributed by atoms with Gasteiger partial charge in [-0.3, -0.25) is 9.59 Å². The van der Waals surface area contributed by atoms with Crippen molar-refractivity contribution >= 4 is 33.4 Å². The minimum atomic E-state index is -3.82. The predicted octanol–water partition coefficient (Wildman–Crippen LogP) is 0.0522. The monoisotopic (exact) mass is 455 g/mol. The van der Waals surface area contributed by atoms with Crippen molar-refractivity contribution in [2.45, 2.75) is 50.3 Å². The molecule has 1 aliphatic rings. The number of benzene rings is 1. The molecule has 1 aromatic carbocycles. The number of rotatable bonds is 4. The number of carbonyl (C=O) groups excluding carboxylic acids is 2. The Kier molecular flexibility index (Phi) is 6.86. The van der Waals surface area contributed by atoms with Gasteiger partial charge in [-0.05, 0) is 39.7 Å². The van der Waals surface area contributed by atoms with Crippen LogP contribution in [-0.2, 0) is 19.4 Å². The lowest BCUT2D eigenvalue weighted by atomic mass is 9.93. The number of guanidine groups is 1. The molecule has 1 amide bonds. The molecule has 0 saturated carbocycles. The first-order valence-corrected chi connectivity index (χ1v) is 11.5. The van der Waals surface area contributed by atoms with Gasteiger partial charge >= 0.3 is 5.97 Å². The van der Waals surface area contributed by atoms with Crippen molar-refractivity contribution in [2.24, 2.45) is 28.1 Å². The van der Waals surface area contributed by atoms with E-state index >= 15 is 0 Å². The number of phenolic OH excluding ortho intramolecular Hbond substituents is 1. The zero-order valence-electron chi connectivity index (χ0n) is 18.0. The molecule has 11 nitrogen and oxygen atoms in total. The Balaban J connectivity index is 2.40. The van der Waals surface area contributed by atoms with Gasteiger partial charge in [-0.25, -0.2) is 8.42 Å². The molecular weight excluding hydrogens is 426 g/mol. The van der Waals surface area contributed by atoms with Crippen LogP contribution in [0.5, 0.6) is 5.75 Å². The number of carbonyl (C=O) groups is 2. The quantitative estimate of drug-likeness (QED) is 0.274. The molecule has 0 bridgehead atoms. The van der Waals surface area contributed by atoms with E-state index in [1.807, 2.05) is 0 Å². The summed E-state index contributed by atoms with van der Waals surface area (Å²) >= 11 is 0. The van der Waals surface area contributed by atoms with Crippen molar-refractivity contribution in [1.82, 2.24) is 0 Å². The van der Waals surface area contributed by atoms with Crippen molar-refractivity contribution in [1.29, 1.82) is 0 Å². The van der Waals surface area contributed by atoms with Gasteiger partial charge in [0.2, 0.25) is 0 Å². The predicted molar refractivity (Wildman–Crippen MR) is 115 cm³/mol. The third-order valence-electron chi connectivity index (χ3n) is 4.63. The second kappa shape index (κ2) is 8.71. The first-order chi connectivity index (χ1) is 14.1. The highest BCUT2D eigenvalue weighted by atomic mass is 32.2. The molecule has 2 unspecified atom stereocenters. The van der Waals surface area contributed by atoms with Crippen LogP contribution in [-0.4, -0.2) is 55.9 Å². The Labute approximate surface area is 181 Å². The summed E-state index contributed by atoms with van der Waals surface area (Å²) in [6.45, 7) is 5.55. The number of nitrogens with two attached hydrogens (primary N) is 3. The number of hydrogen-bond donors (Lipinski definition) is 4. The summed E-state index contributed by atoms with van der Waals surface area (Å²) in [5.41, 5.74) is 15.8. The number of sulfone groups is 1. The Hall–Kier alpha value is -2.86. The van der Waals surface area contributed by atoms with E-state index in [2.05, 4.69) is 4.99 Å². The maximum atomic E-state index is 12.4. The van der Waals surface area contributed by atoms with Gasteiger partial charge < -0.3 is 31.9 Å². The van der Waals surface area contributed by atoms with E-state index in [9.17, 15) is 23.1 Å². The van der Waals surface area contributed by atoms with Gasteiger partial charge in [0.15, 0.2) is 15.8 Å². The summed E-state index contributed by atoms with van der Waals surface area (Å²) < 4.78 is 30.3. The van der Waals surface area contributed by atoms with E-state index in [-0.39, 0.29) is 35.1 Å². The molecule has 1 fully saturated rings. The number of ether oxygens (including phenoxy) is 1. The second-order valence-corrected chi connectivity index (χ2v) is 10.5. The molecule has 2 atom stereocenters. The van der Waals surface area contributed by atoms with Crippen LogP contribution in [0.3, 0.4) is 0 Å². The minimum absolute atomic E-state index is 0.122. The highest BCUT2D eigenvalue weighted by molar-refractivity contribution is 7.90. The van der Waals surface area contributed by atoms with Gasteiger partial charge in [-0.1, -0.05) is 0 Å². The van der Waals surface area contributed by atoms with Gasteiger partial charge in [0.05, 0.1) is 28.2 Å². The van der Waals surface area contributed by atoms with Crippen LogP contribution < -0.4 is 22.1 Å². The van der Waals surface area contributed by atoms with Gasteiger partial charge in [-0.2, -0.15) is 4.99 Å². The van der Waals surface area contributed by atoms with Gasteiger partial charge in [0.25, 0.3) is 5.91 Å². The number of piperidine rings is 1. The molecule has 12 heteroatoms. The molecule has 1 saturated heterocycles. The topological polar surface area (TPSA) is 191 Å². The van der Waals surface area contributed by atoms with Gasteiger partial charge in [0.1, 0.15) is 11.4 Å². The van der Waals surface area contributed by atoms with Crippen LogP contribution in [0, 0.1) is 5.92 Å². The van der Waals surface area contributed by atoms with Crippen LogP contribution in [0.4, 0.5) is 5.69 Å². The van der Waals surface area contributed by atoms with E-state index in [4.69, 9.17) is 21.9 Å². The maximum Gasteiger partial charge on any atom is 0.309 e. The van der Waals surface area contributed by atoms with Crippen LogP contribution in [0.15, 0.2) is 22.0 Å². The van der Waals surface area contributed by atoms with Crippen molar-refractivity contribution in [2.75, 3.05) is 17.7 Å². The molecule has 7 N–H and O–H groups in total. The second-order valence-electron chi connectivity index (χ2n) is 8.47. The van der Waals surface area contributed by atoms with Gasteiger partial charge in [-0.15, -0.1) is 0 Å². The molecule has 1 aliphatic heterocycles. The minimum Gasteiger partial charge on any atom is -0.507 e. The average Bonchev–Trinajstić information content (AvgIpc) is 2.58. The average molecular weight is 456 g/mol. The van der Waals surface area contributed by atoms with Crippen LogP contribution in [0.2, 0.25) is 0 Å². The number of anilines is 1. The molecule has 1 heterocycles. The smallest absolute Gasteiger partial charge is 0.309 e. The van der Waals surface area contributed by atoms with E-state index in [0.717, 1.165) is 18.4 Å². The van der Waals surface area contributed by atoms with Crippen LogP contribution in [0.25, 0.3) is 0 Å². The molecule has 31 heavy (non-hydrogen) atoms. The molecule has 2 rings (SSSR count). The third-order valence-corrected chi connectivity index (χ3v) is 5.76. The maximum absolute atomic E-state index is 12.4. The zero-order chi connectivity index (χ0) is 23.7. The number of aliphatic imine (C=N–C) groups is 1. The summed E-state index contributed by atoms with van der Waals surface area (Å²) in [6.07, 6.45) is 0.858. The third kappa shape index (κ3) is 6.07. The molecule has 1 aromatic rings. The first-order valence-electron chi connectivity index (χ1n) is 9.56. The lowest BCUT2D eigenvalue weighted by molar-refractivity contribution is -0.161. The van der Waals surface area contributed by atoms with Crippen molar-refractivity contribution in [3.05, 3.63) is 17.7 Å². The van der Waals surface area contributed by atoms with Crippen LogP contribution >= 0.6 is 0 Å². The molecule has 0 spiro atoms. The molecule has 172 valence electrons. The fourth-order valence-corrected chi connectivity index (χ4v) is 4.21. The SMILES string of the molecule is CC(C)(C)OC(=O)C1CCN(c2cc(O)c(C(=O)N=C(N)N)cc2S(C)(=O)=O)C(N)C1. The summed E-state index contributed by atoms with van der Waals surface area (Å²) in [5.74, 6) is -2.82. The fraction of sp³-hybridized carbons (Fsp3) is 0.526. The Morgan fingerprint density at radius 2 is 1.87 bits per heavy atom. The highest BCUT2D eigenvalue weighted by Crippen LogP contribution is 2.36. The Morgan fingerprint density at radius 3 is 2.35 bits per heavy atom. The summed E-state index contributed by atoms with van der Waals surface area (Å²) in [6, 6.07) is 2.15. The number of hydrogen-bond acceptors (Lipinski definition) is 8. The van der Waals surface area contributed by atoms with Crippen molar-refractivity contribution in [3.8, 4) is 5.75 Å². The number of aromatic hydroxyl groups is 1. The van der Waals surface area contributed by atoms with Crippen LogP contribution in [0.1, 0.15) is 44.0 Å². The molecule has 0 radical (unpaired) electrons. The number of esters is 1. The fourth-order valence-electron chi connectivity index (χ4n) is 3.32. The van der Waals surface area contributed by atoms with Crippen molar-refractivity contribution < 1.29 is 27.9 Å². The number of amides is 1. The largest absolute Gasteiger partial charge is 0.507 e. The van der Waals surface area contributed by atoms with E-state index in [1.54, 1.807) is 25.7 Å². The lowest BCUT2D eigenvalue weighted by Crippen LogP contribution is -2.50. The standard InChI is InChI=1S/C19H29N5O6S/c1-19(2,3)30-17(27)10-5-6-24(15(20)7-10)12-9-13(25)11(16(26)23-18(21)22)8-14(12)31(4,28)29/h8-10,15,25H,5-7,20H2,1-4H3,(H4,21,22,23,26). The number of phenols is 1. The summed E-state index contributed by atoms with van der Waals surface area (Å²) in [4.78, 5) is 29.2. The highest BCUT2D eigenvalue weighted by Gasteiger charge is 2.35. The van der Waals surface area contributed by atoms with E-state index < -0.39 is 45.1 Å².